The molecule has 0 aliphatic carbocycles. The number of nitrogens with zero attached hydrogens (tertiary/aromatic N) is 1. The lowest BCUT2D eigenvalue weighted by Gasteiger charge is -2.24. The quantitative estimate of drug-likeness (QED) is 0.917. The molecule has 2 rings (SSSR count). The van der Waals surface area contributed by atoms with Crippen LogP contribution in [0.25, 0.3) is 0 Å². The molecule has 0 spiro atoms. The molecule has 2 aromatic carbocycles. The normalized spacial score (nSPS) is 12.2. The van der Waals surface area contributed by atoms with Gasteiger partial charge < -0.3 is 10.6 Å². The van der Waals surface area contributed by atoms with Crippen LogP contribution in [0.4, 0.5) is 10.1 Å². The van der Waals surface area contributed by atoms with Crippen molar-refractivity contribution in [3.63, 3.8) is 0 Å². The third kappa shape index (κ3) is 3.17. The van der Waals surface area contributed by atoms with E-state index in [9.17, 15) is 4.39 Å². The van der Waals surface area contributed by atoms with E-state index in [1.807, 2.05) is 31.0 Å². The summed E-state index contributed by atoms with van der Waals surface area (Å²) in [6, 6.07) is 13.1. The molecular weight excluding hydrogens is 251 g/mol. The van der Waals surface area contributed by atoms with E-state index in [1.54, 1.807) is 6.07 Å². The van der Waals surface area contributed by atoms with Crippen molar-refractivity contribution in [1.82, 2.24) is 0 Å². The molecule has 3 heteroatoms. The molecular formula is C17H21FN2. The molecule has 0 heterocycles. The van der Waals surface area contributed by atoms with Crippen LogP contribution in [0.1, 0.15) is 29.7 Å². The fourth-order valence-electron chi connectivity index (χ4n) is 2.48. The van der Waals surface area contributed by atoms with Crippen LogP contribution in [-0.4, -0.2) is 7.05 Å². The SMILES string of the molecule is Cc1cccc(CN(C)c2cccc(F)c2[C@@H](C)N)c1. The predicted molar refractivity (Wildman–Crippen MR) is 82.3 cm³/mol. The van der Waals surface area contributed by atoms with Gasteiger partial charge in [0.15, 0.2) is 0 Å². The van der Waals surface area contributed by atoms with E-state index in [4.69, 9.17) is 5.73 Å². The minimum absolute atomic E-state index is 0.242. The Bertz CT molecular complexity index is 593. The predicted octanol–water partition coefficient (Wildman–Crippen LogP) is 3.79. The van der Waals surface area contributed by atoms with E-state index >= 15 is 0 Å². The largest absolute Gasteiger partial charge is 0.370 e. The molecule has 20 heavy (non-hydrogen) atoms. The first kappa shape index (κ1) is 14.5. The van der Waals surface area contributed by atoms with E-state index in [-0.39, 0.29) is 11.9 Å². The molecule has 0 radical (unpaired) electrons. The summed E-state index contributed by atoms with van der Waals surface area (Å²) in [5.74, 6) is -0.242. The third-order valence-electron chi connectivity index (χ3n) is 3.40. The van der Waals surface area contributed by atoms with Crippen LogP contribution < -0.4 is 10.6 Å². The van der Waals surface area contributed by atoms with Gasteiger partial charge in [-0.05, 0) is 31.5 Å². The lowest BCUT2D eigenvalue weighted by molar-refractivity contribution is 0.592. The fraction of sp³-hybridized carbons (Fsp3) is 0.294. The second kappa shape index (κ2) is 6.06. The number of nitrogens with two attached hydrogens (primary N) is 1. The number of halogens is 1. The highest BCUT2D eigenvalue weighted by atomic mass is 19.1. The Balaban J connectivity index is 2.30. The lowest BCUT2D eigenvalue weighted by atomic mass is 10.0. The molecule has 1 atom stereocenters. The van der Waals surface area contributed by atoms with Crippen LogP contribution in [0.5, 0.6) is 0 Å². The molecule has 0 amide bonds. The average Bonchev–Trinajstić information content (AvgIpc) is 2.37. The minimum Gasteiger partial charge on any atom is -0.370 e. The molecule has 0 aliphatic rings. The number of anilines is 1. The average molecular weight is 272 g/mol. The van der Waals surface area contributed by atoms with Gasteiger partial charge in [-0.1, -0.05) is 35.9 Å². The molecule has 0 aliphatic heterocycles. The zero-order valence-electron chi connectivity index (χ0n) is 12.2. The van der Waals surface area contributed by atoms with Crippen LogP contribution in [0, 0.1) is 12.7 Å². The molecule has 106 valence electrons. The highest BCUT2D eigenvalue weighted by molar-refractivity contribution is 5.55. The van der Waals surface area contributed by atoms with E-state index in [0.29, 0.717) is 5.56 Å². The molecule has 0 aromatic heterocycles. The monoisotopic (exact) mass is 272 g/mol. The van der Waals surface area contributed by atoms with Gasteiger partial charge in [-0.3, -0.25) is 0 Å². The number of benzene rings is 2. The number of hydrogen-bond donors (Lipinski definition) is 1. The molecule has 0 fully saturated rings. The second-order valence-corrected chi connectivity index (χ2v) is 5.31. The summed E-state index contributed by atoms with van der Waals surface area (Å²) >= 11 is 0. The minimum atomic E-state index is -0.328. The molecule has 2 N–H and O–H groups in total. The number of rotatable bonds is 4. The summed E-state index contributed by atoms with van der Waals surface area (Å²) in [7, 11) is 1.96. The molecule has 2 aromatic rings. The second-order valence-electron chi connectivity index (χ2n) is 5.31. The Labute approximate surface area is 120 Å². The summed E-state index contributed by atoms with van der Waals surface area (Å²) < 4.78 is 14.0. The van der Waals surface area contributed by atoms with Crippen molar-refractivity contribution in [2.45, 2.75) is 26.4 Å². The van der Waals surface area contributed by atoms with Crippen molar-refractivity contribution < 1.29 is 4.39 Å². The first-order chi connectivity index (χ1) is 9.49. The maximum atomic E-state index is 14.0. The van der Waals surface area contributed by atoms with Crippen LogP contribution in [0.3, 0.4) is 0 Å². The van der Waals surface area contributed by atoms with Crippen molar-refractivity contribution in [3.05, 3.63) is 65.0 Å². The number of aryl methyl sites for hydroxylation is 1. The van der Waals surface area contributed by atoms with E-state index < -0.39 is 0 Å². The van der Waals surface area contributed by atoms with Gasteiger partial charge >= 0.3 is 0 Å². The molecule has 0 saturated heterocycles. The molecule has 0 saturated carbocycles. The summed E-state index contributed by atoms with van der Waals surface area (Å²) in [4.78, 5) is 2.04. The summed E-state index contributed by atoms with van der Waals surface area (Å²) in [5, 5.41) is 0. The van der Waals surface area contributed by atoms with Crippen molar-refractivity contribution in [3.8, 4) is 0 Å². The van der Waals surface area contributed by atoms with Crippen LogP contribution in [-0.2, 0) is 6.54 Å². The van der Waals surface area contributed by atoms with Crippen LogP contribution in [0.2, 0.25) is 0 Å². The Morgan fingerprint density at radius 1 is 1.20 bits per heavy atom. The van der Waals surface area contributed by atoms with Crippen molar-refractivity contribution in [2.75, 3.05) is 11.9 Å². The lowest BCUT2D eigenvalue weighted by Crippen LogP contribution is -2.21. The first-order valence-corrected chi connectivity index (χ1v) is 6.79. The third-order valence-corrected chi connectivity index (χ3v) is 3.40. The van der Waals surface area contributed by atoms with E-state index in [0.717, 1.165) is 12.2 Å². The van der Waals surface area contributed by atoms with Crippen molar-refractivity contribution in [2.24, 2.45) is 5.73 Å². The van der Waals surface area contributed by atoms with Gasteiger partial charge in [-0.25, -0.2) is 4.39 Å². The van der Waals surface area contributed by atoms with Gasteiger partial charge in [-0.2, -0.15) is 0 Å². The highest BCUT2D eigenvalue weighted by Gasteiger charge is 2.15. The highest BCUT2D eigenvalue weighted by Crippen LogP contribution is 2.28. The van der Waals surface area contributed by atoms with Gasteiger partial charge in [0.25, 0.3) is 0 Å². The first-order valence-electron chi connectivity index (χ1n) is 6.79. The van der Waals surface area contributed by atoms with E-state index in [2.05, 4.69) is 25.1 Å². The van der Waals surface area contributed by atoms with Gasteiger partial charge in [0, 0.05) is 30.9 Å². The Morgan fingerprint density at radius 3 is 2.55 bits per heavy atom. The zero-order valence-corrected chi connectivity index (χ0v) is 12.2. The van der Waals surface area contributed by atoms with Gasteiger partial charge in [-0.15, -0.1) is 0 Å². The Kier molecular flexibility index (Phi) is 4.40. The van der Waals surface area contributed by atoms with Crippen LogP contribution >= 0.6 is 0 Å². The Hall–Kier alpha value is -1.87. The smallest absolute Gasteiger partial charge is 0.130 e. The van der Waals surface area contributed by atoms with E-state index in [1.165, 1.54) is 17.2 Å². The summed E-state index contributed by atoms with van der Waals surface area (Å²) in [5.41, 5.74) is 9.75. The molecule has 2 nitrogen and oxygen atoms in total. The van der Waals surface area contributed by atoms with Crippen molar-refractivity contribution in [1.29, 1.82) is 0 Å². The maximum Gasteiger partial charge on any atom is 0.130 e. The zero-order chi connectivity index (χ0) is 14.7. The standard InChI is InChI=1S/C17H21FN2/c1-12-6-4-7-14(10-12)11-20(3)16-9-5-8-15(18)17(16)13(2)19/h4-10,13H,11,19H2,1-3H3/t13-/m1/s1. The Morgan fingerprint density at radius 2 is 1.90 bits per heavy atom. The van der Waals surface area contributed by atoms with Gasteiger partial charge in [0.1, 0.15) is 5.82 Å². The molecule has 0 bridgehead atoms. The van der Waals surface area contributed by atoms with Gasteiger partial charge in [0.2, 0.25) is 0 Å². The van der Waals surface area contributed by atoms with Crippen molar-refractivity contribution >= 4 is 5.69 Å². The molecule has 0 unspecified atom stereocenters. The number of hydrogen-bond acceptors (Lipinski definition) is 2. The summed E-state index contributed by atoms with van der Waals surface area (Å²) in [6.45, 7) is 4.60. The van der Waals surface area contributed by atoms with Gasteiger partial charge in [0.05, 0.1) is 0 Å². The maximum absolute atomic E-state index is 14.0. The fourth-order valence-corrected chi connectivity index (χ4v) is 2.48. The van der Waals surface area contributed by atoms with Crippen LogP contribution in [0.15, 0.2) is 42.5 Å². The summed E-state index contributed by atoms with van der Waals surface area (Å²) in [6.07, 6.45) is 0. The topological polar surface area (TPSA) is 29.3 Å².